The summed E-state index contributed by atoms with van der Waals surface area (Å²) in [5.74, 6) is -1.69. The average Bonchev–Trinajstić information content (AvgIpc) is 2.48. The smallest absolute Gasteiger partial charge is 0.336 e. The van der Waals surface area contributed by atoms with Crippen LogP contribution in [0.1, 0.15) is 46.5 Å². The molecule has 25 heavy (non-hydrogen) atoms. The topological polar surface area (TPSA) is 130 Å². The molecule has 0 heterocycles. The van der Waals surface area contributed by atoms with Crippen LogP contribution in [0.2, 0.25) is 0 Å². The second-order valence-corrected chi connectivity index (χ2v) is 8.98. The molecule has 0 aliphatic rings. The van der Waals surface area contributed by atoms with Gasteiger partial charge >= 0.3 is 5.97 Å². The van der Waals surface area contributed by atoms with Crippen LogP contribution < -0.4 is 0 Å². The standard InChI is InChI=1S/C14H26O9S2/c1-11(15)12(2)22-24(17,18)9-7-5-6-8-10-25(19,20)23-13(3)14(16)21-4/h12-13H,5-10H2,1-4H3. The molecule has 0 rings (SSSR count). The first-order valence-corrected chi connectivity index (χ1v) is 11.0. The molecule has 2 atom stereocenters. The third-order valence-electron chi connectivity index (χ3n) is 3.23. The lowest BCUT2D eigenvalue weighted by Gasteiger charge is -2.11. The molecule has 0 radical (unpaired) electrons. The van der Waals surface area contributed by atoms with Crippen molar-refractivity contribution in [2.75, 3.05) is 18.6 Å². The molecule has 2 unspecified atom stereocenters. The molecular weight excluding hydrogens is 376 g/mol. The lowest BCUT2D eigenvalue weighted by molar-refractivity contribution is -0.147. The van der Waals surface area contributed by atoms with Gasteiger partial charge in [-0.15, -0.1) is 0 Å². The number of esters is 1. The Morgan fingerprint density at radius 3 is 1.56 bits per heavy atom. The number of carbonyl (C=O) groups excluding carboxylic acids is 2. The minimum atomic E-state index is -3.86. The van der Waals surface area contributed by atoms with Crippen LogP contribution in [-0.4, -0.2) is 59.4 Å². The maximum absolute atomic E-state index is 11.7. The maximum atomic E-state index is 11.7. The lowest BCUT2D eigenvalue weighted by atomic mass is 10.2. The van der Waals surface area contributed by atoms with Crippen molar-refractivity contribution in [1.29, 1.82) is 0 Å². The summed E-state index contributed by atoms with van der Waals surface area (Å²) in [5.41, 5.74) is 0. The van der Waals surface area contributed by atoms with Gasteiger partial charge in [0, 0.05) is 0 Å². The summed E-state index contributed by atoms with van der Waals surface area (Å²) >= 11 is 0. The van der Waals surface area contributed by atoms with Crippen molar-refractivity contribution in [2.24, 2.45) is 0 Å². The van der Waals surface area contributed by atoms with Crippen molar-refractivity contribution in [3.63, 3.8) is 0 Å². The minimum Gasteiger partial charge on any atom is -0.467 e. The van der Waals surface area contributed by atoms with Crippen LogP contribution in [0, 0.1) is 0 Å². The number of Topliss-reactive ketones (excluding diaryl/α,β-unsaturated/α-hetero) is 1. The van der Waals surface area contributed by atoms with Crippen LogP contribution in [0.5, 0.6) is 0 Å². The fraction of sp³-hybridized carbons (Fsp3) is 0.857. The normalized spacial score (nSPS) is 14.7. The zero-order valence-electron chi connectivity index (χ0n) is 14.9. The minimum absolute atomic E-state index is 0.243. The fourth-order valence-corrected chi connectivity index (χ4v) is 4.12. The van der Waals surface area contributed by atoms with Gasteiger partial charge in [0.1, 0.15) is 6.10 Å². The van der Waals surface area contributed by atoms with Gasteiger partial charge in [0.2, 0.25) is 0 Å². The Bertz CT molecular complexity index is 637. The zero-order chi connectivity index (χ0) is 19.7. The van der Waals surface area contributed by atoms with E-state index < -0.39 is 38.4 Å². The Labute approximate surface area is 149 Å². The quantitative estimate of drug-likeness (QED) is 0.249. The maximum Gasteiger partial charge on any atom is 0.336 e. The highest BCUT2D eigenvalue weighted by molar-refractivity contribution is 7.87. The Morgan fingerprint density at radius 1 is 0.800 bits per heavy atom. The number of rotatable bonds is 13. The monoisotopic (exact) mass is 402 g/mol. The molecule has 0 aliphatic heterocycles. The molecule has 0 aliphatic carbocycles. The van der Waals surface area contributed by atoms with Gasteiger partial charge in [-0.25, -0.2) is 4.79 Å². The number of ketones is 1. The second kappa shape index (κ2) is 10.8. The molecule has 0 aromatic carbocycles. The van der Waals surface area contributed by atoms with Crippen molar-refractivity contribution in [3.05, 3.63) is 0 Å². The van der Waals surface area contributed by atoms with Gasteiger partial charge < -0.3 is 4.74 Å². The summed E-state index contributed by atoms with van der Waals surface area (Å²) in [4.78, 5) is 22.1. The van der Waals surface area contributed by atoms with Crippen LogP contribution in [0.25, 0.3) is 0 Å². The molecular formula is C14H26O9S2. The first-order chi connectivity index (χ1) is 11.4. The lowest BCUT2D eigenvalue weighted by Crippen LogP contribution is -2.26. The third kappa shape index (κ3) is 11.2. The van der Waals surface area contributed by atoms with E-state index in [1.165, 1.54) is 20.8 Å². The summed E-state index contributed by atoms with van der Waals surface area (Å²) in [6.45, 7) is 3.88. The van der Waals surface area contributed by atoms with Crippen molar-refractivity contribution >= 4 is 32.0 Å². The number of ether oxygens (including phenoxy) is 1. The zero-order valence-corrected chi connectivity index (χ0v) is 16.5. The Kier molecular flexibility index (Phi) is 10.4. The summed E-state index contributed by atoms with van der Waals surface area (Å²) in [6.07, 6.45) is -0.732. The second-order valence-electron chi connectivity index (χ2n) is 5.55. The SMILES string of the molecule is COC(=O)C(C)OS(=O)(=O)CCCCCCS(=O)(=O)OC(C)C(C)=O. The molecule has 0 bridgehead atoms. The van der Waals surface area contributed by atoms with E-state index in [2.05, 4.69) is 8.92 Å². The van der Waals surface area contributed by atoms with Gasteiger partial charge in [0.15, 0.2) is 11.9 Å². The van der Waals surface area contributed by atoms with Crippen LogP contribution in [-0.2, 0) is 42.9 Å². The van der Waals surface area contributed by atoms with E-state index in [1.807, 2.05) is 0 Å². The third-order valence-corrected chi connectivity index (χ3v) is 5.97. The summed E-state index contributed by atoms with van der Waals surface area (Å²) in [7, 11) is -6.51. The predicted octanol–water partition coefficient (Wildman–Crippen LogP) is 0.779. The largest absolute Gasteiger partial charge is 0.467 e. The van der Waals surface area contributed by atoms with Crippen molar-refractivity contribution < 1.29 is 39.5 Å². The van der Waals surface area contributed by atoms with E-state index >= 15 is 0 Å². The first-order valence-electron chi connectivity index (χ1n) is 7.80. The van der Waals surface area contributed by atoms with E-state index in [9.17, 15) is 26.4 Å². The number of methoxy groups -OCH3 is 1. The summed E-state index contributed by atoms with van der Waals surface area (Å²) in [5, 5.41) is 0. The van der Waals surface area contributed by atoms with Crippen LogP contribution >= 0.6 is 0 Å². The molecule has 148 valence electrons. The van der Waals surface area contributed by atoms with Gasteiger partial charge in [-0.3, -0.25) is 13.2 Å². The van der Waals surface area contributed by atoms with E-state index in [0.717, 1.165) is 7.11 Å². The van der Waals surface area contributed by atoms with Crippen LogP contribution in [0.15, 0.2) is 0 Å². The van der Waals surface area contributed by atoms with Gasteiger partial charge in [0.25, 0.3) is 20.2 Å². The number of carbonyl (C=O) groups is 2. The Morgan fingerprint density at radius 2 is 1.20 bits per heavy atom. The van der Waals surface area contributed by atoms with Crippen molar-refractivity contribution in [3.8, 4) is 0 Å². The molecule has 11 heteroatoms. The number of hydrogen-bond acceptors (Lipinski definition) is 9. The van der Waals surface area contributed by atoms with Gasteiger partial charge in [-0.2, -0.15) is 16.8 Å². The average molecular weight is 402 g/mol. The highest BCUT2D eigenvalue weighted by Gasteiger charge is 2.22. The van der Waals surface area contributed by atoms with Crippen LogP contribution in [0.3, 0.4) is 0 Å². The Balaban J connectivity index is 4.06. The van der Waals surface area contributed by atoms with Gasteiger partial charge in [-0.05, 0) is 33.6 Å². The van der Waals surface area contributed by atoms with Crippen molar-refractivity contribution in [1.82, 2.24) is 0 Å². The Hall–Kier alpha value is -1.04. The highest BCUT2D eigenvalue weighted by atomic mass is 32.2. The highest BCUT2D eigenvalue weighted by Crippen LogP contribution is 2.10. The predicted molar refractivity (Wildman–Crippen MR) is 89.8 cm³/mol. The van der Waals surface area contributed by atoms with Crippen molar-refractivity contribution in [2.45, 2.75) is 58.7 Å². The molecule has 0 aromatic heterocycles. The molecule has 0 saturated heterocycles. The fourth-order valence-electron chi connectivity index (χ4n) is 1.72. The van der Waals surface area contributed by atoms with E-state index in [4.69, 9.17) is 4.18 Å². The number of hydrogen-bond donors (Lipinski definition) is 0. The molecule has 0 aromatic rings. The molecule has 0 N–H and O–H groups in total. The van der Waals surface area contributed by atoms with E-state index in [-0.39, 0.29) is 30.1 Å². The molecule has 0 spiro atoms. The number of unbranched alkanes of at least 4 members (excludes halogenated alkanes) is 3. The molecule has 0 fully saturated rings. The molecule has 0 amide bonds. The molecule has 9 nitrogen and oxygen atoms in total. The first kappa shape index (κ1) is 24.0. The summed E-state index contributed by atoms with van der Waals surface area (Å²) in [6, 6.07) is 0. The van der Waals surface area contributed by atoms with Gasteiger partial charge in [-0.1, -0.05) is 12.8 Å². The molecule has 0 saturated carbocycles. The van der Waals surface area contributed by atoms with Crippen LogP contribution in [0.4, 0.5) is 0 Å². The summed E-state index contributed by atoms with van der Waals surface area (Å²) < 4.78 is 60.3. The van der Waals surface area contributed by atoms with Gasteiger partial charge in [0.05, 0.1) is 18.6 Å². The van der Waals surface area contributed by atoms with E-state index in [1.54, 1.807) is 0 Å². The van der Waals surface area contributed by atoms with E-state index in [0.29, 0.717) is 12.8 Å².